The zero-order valence-electron chi connectivity index (χ0n) is 19.2. The van der Waals surface area contributed by atoms with E-state index in [1.807, 2.05) is 0 Å². The summed E-state index contributed by atoms with van der Waals surface area (Å²) in [4.78, 5) is 14.8. The van der Waals surface area contributed by atoms with Crippen molar-refractivity contribution >= 4 is 5.78 Å². The molecule has 1 aliphatic carbocycles. The highest BCUT2D eigenvalue weighted by molar-refractivity contribution is 5.78. The van der Waals surface area contributed by atoms with Crippen LogP contribution in [-0.4, -0.2) is 36.9 Å². The Morgan fingerprint density at radius 1 is 1.07 bits per heavy atom. The molecule has 4 rings (SSSR count). The van der Waals surface area contributed by atoms with E-state index in [1.54, 1.807) is 5.56 Å². The molecule has 1 aromatic carbocycles. The lowest BCUT2D eigenvalue weighted by molar-refractivity contribution is -0.120. The molecule has 166 valence electrons. The van der Waals surface area contributed by atoms with Crippen LogP contribution < -0.4 is 4.74 Å². The van der Waals surface area contributed by atoms with Crippen molar-refractivity contribution in [3.63, 3.8) is 0 Å². The number of Topliss-reactive ketones (excluding diaryl/α,β-unsaturated/α-hetero) is 1. The van der Waals surface area contributed by atoms with Gasteiger partial charge in [-0.2, -0.15) is 0 Å². The van der Waals surface area contributed by atoms with Crippen molar-refractivity contribution < 1.29 is 9.53 Å². The lowest BCUT2D eigenvalue weighted by atomic mass is 9.78. The summed E-state index contributed by atoms with van der Waals surface area (Å²) in [5, 5.41) is 0. The summed E-state index contributed by atoms with van der Waals surface area (Å²) in [5.41, 5.74) is 3.05. The van der Waals surface area contributed by atoms with Gasteiger partial charge in [0.15, 0.2) is 0 Å². The van der Waals surface area contributed by atoms with Crippen molar-refractivity contribution in [1.82, 2.24) is 4.90 Å². The van der Waals surface area contributed by atoms with E-state index in [-0.39, 0.29) is 0 Å². The highest BCUT2D eigenvalue weighted by Gasteiger charge is 2.27. The Kier molecular flexibility index (Phi) is 7.51. The van der Waals surface area contributed by atoms with Crippen LogP contribution in [0.1, 0.15) is 88.7 Å². The average Bonchev–Trinajstić information content (AvgIpc) is 3.22. The molecule has 0 bridgehead atoms. The molecule has 3 aliphatic rings. The quantitative estimate of drug-likeness (QED) is 0.525. The molecule has 2 aliphatic heterocycles. The number of likely N-dealkylation sites (tertiary alicyclic amines) is 1. The Hall–Kier alpha value is -1.35. The number of carbonyl (C=O) groups is 1. The Morgan fingerprint density at radius 2 is 1.80 bits per heavy atom. The van der Waals surface area contributed by atoms with Crippen molar-refractivity contribution in [1.29, 1.82) is 0 Å². The first-order chi connectivity index (χ1) is 14.6. The topological polar surface area (TPSA) is 29.5 Å². The second-order valence-corrected chi connectivity index (χ2v) is 10.6. The van der Waals surface area contributed by atoms with Crippen LogP contribution >= 0.6 is 0 Å². The molecule has 2 heterocycles. The fourth-order valence-electron chi connectivity index (χ4n) is 6.05. The molecule has 3 nitrogen and oxygen atoms in total. The number of fused-ring (bicyclic) bond motifs is 1. The number of ketones is 1. The smallest absolute Gasteiger partial charge is 0.133 e. The highest BCUT2D eigenvalue weighted by atomic mass is 16.5. The summed E-state index contributed by atoms with van der Waals surface area (Å²) in [6.45, 7) is 8.92. The first kappa shape index (κ1) is 21.9. The summed E-state index contributed by atoms with van der Waals surface area (Å²) in [5.74, 6) is 4.41. The minimum Gasteiger partial charge on any atom is -0.493 e. The zero-order valence-corrected chi connectivity index (χ0v) is 19.2. The van der Waals surface area contributed by atoms with Crippen molar-refractivity contribution in [3.05, 3.63) is 29.3 Å². The van der Waals surface area contributed by atoms with Gasteiger partial charge >= 0.3 is 0 Å². The van der Waals surface area contributed by atoms with Gasteiger partial charge in [0.2, 0.25) is 0 Å². The van der Waals surface area contributed by atoms with Crippen molar-refractivity contribution in [3.8, 4) is 5.75 Å². The molecule has 1 saturated carbocycles. The Bertz CT molecular complexity index is 697. The monoisotopic (exact) mass is 411 g/mol. The van der Waals surface area contributed by atoms with Gasteiger partial charge in [0, 0.05) is 24.8 Å². The first-order valence-corrected chi connectivity index (χ1v) is 12.6. The van der Waals surface area contributed by atoms with Gasteiger partial charge in [-0.05, 0) is 87.0 Å². The molecule has 0 amide bonds. The number of ether oxygens (including phenoxy) is 1. The lowest BCUT2D eigenvalue weighted by Gasteiger charge is -2.35. The van der Waals surface area contributed by atoms with E-state index >= 15 is 0 Å². The number of benzene rings is 1. The van der Waals surface area contributed by atoms with Gasteiger partial charge < -0.3 is 9.64 Å². The Balaban J connectivity index is 1.15. The van der Waals surface area contributed by atoms with E-state index in [0.29, 0.717) is 17.6 Å². The summed E-state index contributed by atoms with van der Waals surface area (Å²) < 4.78 is 5.77. The van der Waals surface area contributed by atoms with Gasteiger partial charge in [-0.15, -0.1) is 0 Å². The Morgan fingerprint density at radius 3 is 2.53 bits per heavy atom. The summed E-state index contributed by atoms with van der Waals surface area (Å²) in [6.07, 6.45) is 11.9. The number of carbonyl (C=O) groups excluding carboxylic acids is 1. The number of nitrogens with zero attached hydrogens (tertiary/aromatic N) is 1. The van der Waals surface area contributed by atoms with Gasteiger partial charge in [0.05, 0.1) is 6.61 Å². The number of hydrogen-bond donors (Lipinski definition) is 0. The van der Waals surface area contributed by atoms with Gasteiger partial charge in [0.25, 0.3) is 0 Å². The summed E-state index contributed by atoms with van der Waals surface area (Å²) >= 11 is 0. The van der Waals surface area contributed by atoms with Crippen LogP contribution in [0.25, 0.3) is 0 Å². The lowest BCUT2D eigenvalue weighted by Crippen LogP contribution is -2.35. The molecule has 0 radical (unpaired) electrons. The zero-order chi connectivity index (χ0) is 20.9. The summed E-state index contributed by atoms with van der Waals surface area (Å²) in [7, 11) is 0. The maximum Gasteiger partial charge on any atom is 0.133 e. The van der Waals surface area contributed by atoms with Crippen LogP contribution in [0, 0.1) is 17.8 Å². The predicted molar refractivity (Wildman–Crippen MR) is 123 cm³/mol. The third-order valence-corrected chi connectivity index (χ3v) is 7.78. The number of rotatable bonds is 8. The molecule has 1 aromatic rings. The molecular weight excluding hydrogens is 370 g/mol. The van der Waals surface area contributed by atoms with Crippen molar-refractivity contribution in [2.75, 3.05) is 26.2 Å². The van der Waals surface area contributed by atoms with Gasteiger partial charge in [-0.25, -0.2) is 0 Å². The molecular formula is C27H41NO2. The molecule has 0 N–H and O–H groups in total. The third-order valence-electron chi connectivity index (χ3n) is 7.78. The fraction of sp³-hybridized carbons (Fsp3) is 0.741. The van der Waals surface area contributed by atoms with Crippen LogP contribution in [0.5, 0.6) is 5.75 Å². The molecule has 1 saturated heterocycles. The second kappa shape index (κ2) is 10.3. The van der Waals surface area contributed by atoms with E-state index in [9.17, 15) is 4.79 Å². The van der Waals surface area contributed by atoms with Gasteiger partial charge in [-0.3, -0.25) is 4.79 Å². The standard InChI is InChI=1S/C27H41NO2/c1-20(2)18-24(29)19-22-8-6-21(7-9-22)10-14-28-15-11-23(12-16-28)25-4-3-5-27-26(25)13-17-30-27/h3-5,20-23H,6-19H2,1-2H3. The molecule has 3 heteroatoms. The Labute approximate surface area is 183 Å². The van der Waals surface area contributed by atoms with E-state index in [1.165, 1.54) is 70.1 Å². The van der Waals surface area contributed by atoms with E-state index in [0.717, 1.165) is 43.5 Å². The van der Waals surface area contributed by atoms with E-state index in [2.05, 4.69) is 36.9 Å². The minimum absolute atomic E-state index is 0.493. The molecule has 0 spiro atoms. The molecule has 0 unspecified atom stereocenters. The van der Waals surface area contributed by atoms with Crippen LogP contribution in [0.15, 0.2) is 18.2 Å². The van der Waals surface area contributed by atoms with Crippen molar-refractivity contribution in [2.24, 2.45) is 17.8 Å². The molecule has 0 aromatic heterocycles. The first-order valence-electron chi connectivity index (χ1n) is 12.6. The predicted octanol–water partition coefficient (Wildman–Crippen LogP) is 6.00. The van der Waals surface area contributed by atoms with E-state index in [4.69, 9.17) is 4.74 Å². The summed E-state index contributed by atoms with van der Waals surface area (Å²) in [6, 6.07) is 6.66. The van der Waals surface area contributed by atoms with E-state index < -0.39 is 0 Å². The van der Waals surface area contributed by atoms with Crippen LogP contribution in [0.3, 0.4) is 0 Å². The number of piperidine rings is 1. The van der Waals surface area contributed by atoms with Gasteiger partial charge in [-0.1, -0.05) is 38.8 Å². The average molecular weight is 412 g/mol. The fourth-order valence-corrected chi connectivity index (χ4v) is 6.05. The second-order valence-electron chi connectivity index (χ2n) is 10.6. The SMILES string of the molecule is CC(C)CC(=O)CC1CCC(CCN2CCC(c3cccc4c3CCO4)CC2)CC1. The minimum atomic E-state index is 0.493. The van der Waals surface area contributed by atoms with Crippen LogP contribution in [0.2, 0.25) is 0 Å². The largest absolute Gasteiger partial charge is 0.493 e. The van der Waals surface area contributed by atoms with Crippen LogP contribution in [0.4, 0.5) is 0 Å². The molecule has 2 fully saturated rings. The number of hydrogen-bond acceptors (Lipinski definition) is 3. The van der Waals surface area contributed by atoms with Crippen LogP contribution in [-0.2, 0) is 11.2 Å². The third kappa shape index (κ3) is 5.66. The van der Waals surface area contributed by atoms with Crippen molar-refractivity contribution in [2.45, 2.75) is 84.0 Å². The highest BCUT2D eigenvalue weighted by Crippen LogP contribution is 2.38. The van der Waals surface area contributed by atoms with Gasteiger partial charge in [0.1, 0.15) is 11.5 Å². The molecule has 30 heavy (non-hydrogen) atoms. The molecule has 0 atom stereocenters. The normalized spacial score (nSPS) is 25.3. The maximum absolute atomic E-state index is 12.1. The maximum atomic E-state index is 12.1.